The molecule has 2 bridgehead atoms. The van der Waals surface area contributed by atoms with E-state index < -0.39 is 0 Å². The van der Waals surface area contributed by atoms with Gasteiger partial charge in [0.25, 0.3) is 5.91 Å². The Labute approximate surface area is 224 Å². The molecule has 2 aromatic carbocycles. The lowest BCUT2D eigenvalue weighted by Crippen LogP contribution is -2.46. The van der Waals surface area contributed by atoms with Gasteiger partial charge in [-0.1, -0.05) is 65.7 Å². The monoisotopic (exact) mass is 566 g/mol. The van der Waals surface area contributed by atoms with E-state index in [1.807, 2.05) is 26.0 Å². The van der Waals surface area contributed by atoms with Crippen molar-refractivity contribution in [3.8, 4) is 0 Å². The molecule has 2 aromatic rings. The first-order valence-electron chi connectivity index (χ1n) is 12.8. The predicted molar refractivity (Wildman–Crippen MR) is 143 cm³/mol. The van der Waals surface area contributed by atoms with Crippen LogP contribution in [0.15, 0.2) is 53.0 Å². The first-order valence-corrected chi connectivity index (χ1v) is 13.9. The van der Waals surface area contributed by atoms with Gasteiger partial charge in [-0.05, 0) is 78.3 Å². The van der Waals surface area contributed by atoms with Crippen molar-refractivity contribution in [3.63, 3.8) is 0 Å². The van der Waals surface area contributed by atoms with Gasteiger partial charge in [-0.25, -0.2) is 0 Å². The number of imide groups is 1. The van der Waals surface area contributed by atoms with E-state index in [0.717, 1.165) is 27.7 Å². The summed E-state index contributed by atoms with van der Waals surface area (Å²) in [5.41, 5.74) is 3.06. The zero-order chi connectivity index (χ0) is 25.3. The van der Waals surface area contributed by atoms with E-state index >= 15 is 0 Å². The molecule has 1 aliphatic heterocycles. The minimum absolute atomic E-state index is 0.106. The average Bonchev–Trinajstić information content (AvgIpc) is 3.67. The topological polar surface area (TPSA) is 57.7 Å². The second kappa shape index (κ2) is 8.84. The lowest BCUT2D eigenvalue weighted by molar-refractivity contribution is -0.140. The molecule has 6 atom stereocenters. The molecule has 5 nitrogen and oxygen atoms in total. The number of allylic oxidation sites excluding steroid dienone is 2. The molecule has 1 heterocycles. The van der Waals surface area contributed by atoms with Gasteiger partial charge in [0, 0.05) is 4.47 Å². The molecule has 7 heteroatoms. The number of carbonyl (C=O) groups excluding carboxylic acids is 3. The number of likely N-dealkylation sites (tertiary alicyclic amines) is 1. The Morgan fingerprint density at radius 2 is 1.56 bits per heavy atom. The Hall–Kier alpha value is -2.44. The highest BCUT2D eigenvalue weighted by Crippen LogP contribution is 2.65. The molecule has 7 rings (SSSR count). The van der Waals surface area contributed by atoms with Crippen molar-refractivity contribution in [2.45, 2.75) is 33.1 Å². The smallest absolute Gasteiger partial charge is 0.261 e. The van der Waals surface area contributed by atoms with Crippen LogP contribution in [0.25, 0.3) is 0 Å². The van der Waals surface area contributed by atoms with Crippen LogP contribution in [0.4, 0.5) is 5.69 Å². The Bertz CT molecular complexity index is 1260. The van der Waals surface area contributed by atoms with E-state index in [1.165, 1.54) is 4.90 Å². The van der Waals surface area contributed by atoms with E-state index in [-0.39, 0.29) is 48.1 Å². The Morgan fingerprint density at radius 3 is 2.08 bits per heavy atom. The molecule has 6 unspecified atom stereocenters. The van der Waals surface area contributed by atoms with Crippen LogP contribution in [0.2, 0.25) is 5.02 Å². The number of hydrogen-bond acceptors (Lipinski definition) is 3. The fourth-order valence-corrected chi connectivity index (χ4v) is 7.69. The van der Waals surface area contributed by atoms with Crippen LogP contribution < -0.4 is 4.90 Å². The van der Waals surface area contributed by atoms with E-state index in [1.54, 1.807) is 29.2 Å². The van der Waals surface area contributed by atoms with Gasteiger partial charge in [0.05, 0.1) is 28.1 Å². The van der Waals surface area contributed by atoms with Gasteiger partial charge in [0.1, 0.15) is 6.67 Å². The molecule has 0 N–H and O–H groups in total. The Balaban J connectivity index is 1.43. The number of halogens is 2. The summed E-state index contributed by atoms with van der Waals surface area (Å²) in [5.74, 6) is 0.164. The summed E-state index contributed by atoms with van der Waals surface area (Å²) in [6.45, 7) is 3.98. The highest BCUT2D eigenvalue weighted by molar-refractivity contribution is 9.10. The number of carbonyl (C=O) groups is 3. The van der Waals surface area contributed by atoms with Crippen LogP contribution in [0, 0.1) is 35.5 Å². The summed E-state index contributed by atoms with van der Waals surface area (Å²) in [5, 5.41) is 0.343. The summed E-state index contributed by atoms with van der Waals surface area (Å²) in [6.07, 6.45) is 6.84. The van der Waals surface area contributed by atoms with Gasteiger partial charge in [-0.2, -0.15) is 0 Å². The summed E-state index contributed by atoms with van der Waals surface area (Å²) in [4.78, 5) is 44.5. The van der Waals surface area contributed by atoms with Crippen molar-refractivity contribution < 1.29 is 14.4 Å². The van der Waals surface area contributed by atoms with Crippen molar-refractivity contribution in [2.24, 2.45) is 35.5 Å². The average molecular weight is 568 g/mol. The maximum atomic E-state index is 14.1. The molecule has 186 valence electrons. The third-order valence-electron chi connectivity index (χ3n) is 8.65. The Morgan fingerprint density at radius 1 is 1.00 bits per heavy atom. The summed E-state index contributed by atoms with van der Waals surface area (Å²) < 4.78 is 0.936. The third kappa shape index (κ3) is 3.52. The predicted octanol–water partition coefficient (Wildman–Crippen LogP) is 5.88. The molecular formula is C29H28BrClN2O3. The minimum atomic E-state index is -0.313. The third-order valence-corrected chi connectivity index (χ3v) is 9.44. The van der Waals surface area contributed by atoms with Crippen molar-refractivity contribution in [1.29, 1.82) is 0 Å². The van der Waals surface area contributed by atoms with E-state index in [9.17, 15) is 14.4 Å². The normalized spacial score (nSPS) is 29.4. The second-order valence-electron chi connectivity index (χ2n) is 10.4. The number of amides is 3. The lowest BCUT2D eigenvalue weighted by atomic mass is 9.63. The molecule has 0 radical (unpaired) electrons. The number of nitrogens with zero attached hydrogens (tertiary/aromatic N) is 2. The van der Waals surface area contributed by atoms with Gasteiger partial charge < -0.3 is 0 Å². The zero-order valence-electron chi connectivity index (χ0n) is 20.3. The van der Waals surface area contributed by atoms with Crippen LogP contribution in [-0.2, 0) is 22.4 Å². The molecule has 1 saturated heterocycles. The van der Waals surface area contributed by atoms with Gasteiger partial charge >= 0.3 is 0 Å². The van der Waals surface area contributed by atoms with E-state index in [2.05, 4.69) is 28.1 Å². The van der Waals surface area contributed by atoms with Crippen LogP contribution >= 0.6 is 27.5 Å². The molecule has 0 aromatic heterocycles. The number of rotatable bonds is 6. The van der Waals surface area contributed by atoms with E-state index in [4.69, 9.17) is 11.6 Å². The molecule has 36 heavy (non-hydrogen) atoms. The minimum Gasteiger partial charge on any atom is -0.289 e. The quantitative estimate of drug-likeness (QED) is 0.323. The maximum absolute atomic E-state index is 14.1. The summed E-state index contributed by atoms with van der Waals surface area (Å²) in [6, 6.07) is 10.9. The van der Waals surface area contributed by atoms with Crippen molar-refractivity contribution in [2.75, 3.05) is 11.6 Å². The number of benzene rings is 2. The van der Waals surface area contributed by atoms with Crippen LogP contribution in [0.5, 0.6) is 0 Å². The number of aryl methyl sites for hydroxylation is 2. The standard InChI is InChI=1S/C29H28BrClN2O3/c1-3-15-11-17(30)12-16(4-2)26(15)32(27(34)20-7-5-6-8-23(20)31)14-33-28(35)24-18-9-10-19(22-13-21(18)22)25(24)29(33)36/h5-12,18-19,21-22,24-25H,3-4,13-14H2,1-2H3. The van der Waals surface area contributed by atoms with Crippen LogP contribution in [-0.4, -0.2) is 29.3 Å². The molecule has 0 spiro atoms. The van der Waals surface area contributed by atoms with Crippen LogP contribution in [0.3, 0.4) is 0 Å². The highest BCUT2D eigenvalue weighted by atomic mass is 79.9. The van der Waals surface area contributed by atoms with Gasteiger partial charge in [0.15, 0.2) is 0 Å². The second-order valence-corrected chi connectivity index (χ2v) is 11.7. The highest BCUT2D eigenvalue weighted by Gasteiger charge is 2.67. The van der Waals surface area contributed by atoms with Gasteiger partial charge in [0.2, 0.25) is 11.8 Å². The van der Waals surface area contributed by atoms with Crippen molar-refractivity contribution in [1.82, 2.24) is 4.90 Å². The molecular weight excluding hydrogens is 540 g/mol. The van der Waals surface area contributed by atoms with Crippen molar-refractivity contribution in [3.05, 3.63) is 74.7 Å². The molecule has 3 amide bonds. The maximum Gasteiger partial charge on any atom is 0.261 e. The van der Waals surface area contributed by atoms with Crippen LogP contribution in [0.1, 0.15) is 41.8 Å². The SMILES string of the molecule is CCc1cc(Br)cc(CC)c1N(CN1C(=O)C2C3C=CC(C4CC34)C2C1=O)C(=O)c1ccccc1Cl. The fraction of sp³-hybridized carbons (Fsp3) is 0.414. The number of anilines is 1. The fourth-order valence-electron chi connectivity index (χ4n) is 6.92. The van der Waals surface area contributed by atoms with Gasteiger partial charge in [-0.3, -0.25) is 24.2 Å². The molecule has 5 aliphatic rings. The van der Waals surface area contributed by atoms with Crippen molar-refractivity contribution >= 4 is 50.9 Å². The Kier molecular flexibility index (Phi) is 5.88. The van der Waals surface area contributed by atoms with Gasteiger partial charge in [-0.15, -0.1) is 0 Å². The lowest BCUT2D eigenvalue weighted by Gasteiger charge is -2.37. The number of hydrogen-bond donors (Lipinski definition) is 0. The first kappa shape index (κ1) is 23.9. The summed E-state index contributed by atoms with van der Waals surface area (Å²) in [7, 11) is 0. The molecule has 3 fully saturated rings. The molecule has 2 saturated carbocycles. The summed E-state index contributed by atoms with van der Waals surface area (Å²) >= 11 is 10.1. The zero-order valence-corrected chi connectivity index (χ0v) is 22.6. The molecule has 4 aliphatic carbocycles. The first-order chi connectivity index (χ1) is 17.3. The van der Waals surface area contributed by atoms with E-state index in [0.29, 0.717) is 35.3 Å². The largest absolute Gasteiger partial charge is 0.289 e.